The van der Waals surface area contributed by atoms with Crippen LogP contribution in [-0.2, 0) is 9.53 Å². The molecule has 0 amide bonds. The van der Waals surface area contributed by atoms with Gasteiger partial charge in [-0.25, -0.2) is 4.79 Å². The van der Waals surface area contributed by atoms with E-state index in [-0.39, 0.29) is 5.97 Å². The number of rotatable bonds is 5. The Morgan fingerprint density at radius 3 is 2.94 bits per heavy atom. The molecule has 3 fully saturated rings. The minimum Gasteiger partial charge on any atom is -0.462 e. The molecule has 0 radical (unpaired) electrons. The average molecular weight is 266 g/mol. The molecule has 0 aliphatic heterocycles. The Hall–Kier alpha value is -0.440. The molecular formula is C15H22O2S. The lowest BCUT2D eigenvalue weighted by molar-refractivity contribution is -0.137. The molecule has 18 heavy (non-hydrogen) atoms. The summed E-state index contributed by atoms with van der Waals surface area (Å²) in [5.41, 5.74) is 0. The standard InChI is InChI=1S/C15H22O2S/c1-2-14(16)17-7-8-18-13-6-5-12-10-3-4-11(9-10)15(12)13/h2,10-13,15H,1,3-9H2. The van der Waals surface area contributed by atoms with Crippen LogP contribution in [0.3, 0.4) is 0 Å². The van der Waals surface area contributed by atoms with Crippen LogP contribution in [-0.4, -0.2) is 23.6 Å². The second-order valence-electron chi connectivity index (χ2n) is 5.93. The lowest BCUT2D eigenvalue weighted by atomic mass is 9.82. The van der Waals surface area contributed by atoms with Crippen LogP contribution >= 0.6 is 11.8 Å². The van der Waals surface area contributed by atoms with Gasteiger partial charge in [-0.15, -0.1) is 0 Å². The van der Waals surface area contributed by atoms with Crippen LogP contribution in [0.15, 0.2) is 12.7 Å². The summed E-state index contributed by atoms with van der Waals surface area (Å²) in [5, 5.41) is 0.840. The fourth-order valence-corrected chi connectivity index (χ4v) is 6.04. The van der Waals surface area contributed by atoms with E-state index in [9.17, 15) is 4.79 Å². The highest BCUT2D eigenvalue weighted by Gasteiger charge is 2.53. The van der Waals surface area contributed by atoms with E-state index in [1.807, 2.05) is 11.8 Å². The Bertz CT molecular complexity index is 341. The third-order valence-electron chi connectivity index (χ3n) is 5.20. The van der Waals surface area contributed by atoms with Crippen molar-refractivity contribution in [2.75, 3.05) is 12.4 Å². The van der Waals surface area contributed by atoms with Gasteiger partial charge in [-0.2, -0.15) is 11.8 Å². The molecule has 0 saturated heterocycles. The Labute approximate surface area is 114 Å². The van der Waals surface area contributed by atoms with Crippen LogP contribution in [0.25, 0.3) is 0 Å². The molecule has 2 bridgehead atoms. The Morgan fingerprint density at radius 2 is 2.11 bits per heavy atom. The summed E-state index contributed by atoms with van der Waals surface area (Å²) in [5.74, 6) is 4.77. The van der Waals surface area contributed by atoms with Gasteiger partial charge in [0.1, 0.15) is 6.61 Å². The molecule has 5 atom stereocenters. The first kappa shape index (κ1) is 12.6. The van der Waals surface area contributed by atoms with Gasteiger partial charge < -0.3 is 4.74 Å². The molecule has 3 saturated carbocycles. The molecule has 3 aliphatic rings. The maximum Gasteiger partial charge on any atom is 0.330 e. The van der Waals surface area contributed by atoms with Crippen LogP contribution in [0.1, 0.15) is 32.1 Å². The Morgan fingerprint density at radius 1 is 1.28 bits per heavy atom. The summed E-state index contributed by atoms with van der Waals surface area (Å²) in [6.07, 6.45) is 8.58. The zero-order valence-corrected chi connectivity index (χ0v) is 11.7. The Kier molecular flexibility index (Phi) is 3.69. The summed E-state index contributed by atoms with van der Waals surface area (Å²) in [6.45, 7) is 3.94. The van der Waals surface area contributed by atoms with Gasteiger partial charge in [-0.05, 0) is 55.8 Å². The highest BCUT2D eigenvalue weighted by atomic mass is 32.2. The second kappa shape index (κ2) is 5.28. The minimum atomic E-state index is -0.292. The van der Waals surface area contributed by atoms with Gasteiger partial charge in [0.25, 0.3) is 0 Å². The summed E-state index contributed by atoms with van der Waals surface area (Å²) >= 11 is 2.04. The first-order chi connectivity index (χ1) is 8.79. The summed E-state index contributed by atoms with van der Waals surface area (Å²) in [4.78, 5) is 10.9. The van der Waals surface area contributed by atoms with E-state index in [1.165, 1.54) is 38.2 Å². The maximum atomic E-state index is 10.9. The van der Waals surface area contributed by atoms with Crippen LogP contribution < -0.4 is 0 Å². The topological polar surface area (TPSA) is 26.3 Å². The highest BCUT2D eigenvalue weighted by molar-refractivity contribution is 7.99. The van der Waals surface area contributed by atoms with Gasteiger partial charge in [0.15, 0.2) is 0 Å². The zero-order valence-electron chi connectivity index (χ0n) is 10.8. The molecule has 0 aromatic rings. The van der Waals surface area contributed by atoms with Gasteiger partial charge >= 0.3 is 5.97 Å². The van der Waals surface area contributed by atoms with E-state index < -0.39 is 0 Å². The van der Waals surface area contributed by atoms with Crippen molar-refractivity contribution in [3.63, 3.8) is 0 Å². The van der Waals surface area contributed by atoms with Crippen LogP contribution in [0.4, 0.5) is 0 Å². The van der Waals surface area contributed by atoms with E-state index in [2.05, 4.69) is 6.58 Å². The number of carbonyl (C=O) groups is 1. The van der Waals surface area contributed by atoms with Crippen molar-refractivity contribution >= 4 is 17.7 Å². The number of thioether (sulfide) groups is 1. The normalized spacial score (nSPS) is 40.8. The summed E-state index contributed by atoms with van der Waals surface area (Å²) in [7, 11) is 0. The van der Waals surface area contributed by atoms with Crippen LogP contribution in [0.5, 0.6) is 0 Å². The summed E-state index contributed by atoms with van der Waals surface area (Å²) in [6, 6.07) is 0. The quantitative estimate of drug-likeness (QED) is 0.434. The number of fused-ring (bicyclic) bond motifs is 5. The fraction of sp³-hybridized carbons (Fsp3) is 0.800. The van der Waals surface area contributed by atoms with E-state index in [1.54, 1.807) is 0 Å². The van der Waals surface area contributed by atoms with Crippen LogP contribution in [0, 0.1) is 23.7 Å². The summed E-state index contributed by atoms with van der Waals surface area (Å²) < 4.78 is 5.05. The van der Waals surface area contributed by atoms with Gasteiger partial charge in [0.2, 0.25) is 0 Å². The first-order valence-corrected chi connectivity index (χ1v) is 8.25. The number of hydrogen-bond donors (Lipinski definition) is 0. The fourth-order valence-electron chi connectivity index (χ4n) is 4.61. The van der Waals surface area contributed by atoms with Crippen molar-refractivity contribution < 1.29 is 9.53 Å². The third-order valence-corrected chi connectivity index (χ3v) is 6.58. The van der Waals surface area contributed by atoms with Crippen LogP contribution in [0.2, 0.25) is 0 Å². The molecule has 3 heteroatoms. The maximum absolute atomic E-state index is 10.9. The number of esters is 1. The highest BCUT2D eigenvalue weighted by Crippen LogP contribution is 2.60. The first-order valence-electron chi connectivity index (χ1n) is 7.20. The van der Waals surface area contributed by atoms with Crippen molar-refractivity contribution in [3.05, 3.63) is 12.7 Å². The number of ether oxygens (including phenoxy) is 1. The monoisotopic (exact) mass is 266 g/mol. The molecule has 100 valence electrons. The third kappa shape index (κ3) is 2.22. The van der Waals surface area contributed by atoms with Crippen molar-refractivity contribution in [2.24, 2.45) is 23.7 Å². The molecule has 3 rings (SSSR count). The van der Waals surface area contributed by atoms with Gasteiger partial charge in [0.05, 0.1) is 0 Å². The molecule has 0 N–H and O–H groups in total. The predicted octanol–water partition coefficient (Wildman–Crippen LogP) is 3.27. The van der Waals surface area contributed by atoms with E-state index >= 15 is 0 Å². The van der Waals surface area contributed by atoms with E-state index in [0.29, 0.717) is 6.61 Å². The lowest BCUT2D eigenvalue weighted by Gasteiger charge is -2.28. The van der Waals surface area contributed by atoms with Crippen molar-refractivity contribution in [3.8, 4) is 0 Å². The second-order valence-corrected chi connectivity index (χ2v) is 7.28. The Balaban J connectivity index is 1.44. The SMILES string of the molecule is C=CC(=O)OCCSC1CCC2C3CCC(C3)C12. The van der Waals surface area contributed by atoms with Gasteiger partial charge in [0, 0.05) is 17.1 Å². The molecule has 5 unspecified atom stereocenters. The van der Waals surface area contributed by atoms with E-state index in [4.69, 9.17) is 4.74 Å². The van der Waals surface area contributed by atoms with Gasteiger partial charge in [-0.1, -0.05) is 6.58 Å². The molecule has 0 aromatic carbocycles. The zero-order chi connectivity index (χ0) is 12.5. The van der Waals surface area contributed by atoms with Crippen molar-refractivity contribution in [1.82, 2.24) is 0 Å². The molecule has 3 aliphatic carbocycles. The molecular weight excluding hydrogens is 244 g/mol. The average Bonchev–Trinajstić information content (AvgIpc) is 3.06. The minimum absolute atomic E-state index is 0.292. The predicted molar refractivity (Wildman–Crippen MR) is 74.4 cm³/mol. The molecule has 0 spiro atoms. The van der Waals surface area contributed by atoms with Gasteiger partial charge in [-0.3, -0.25) is 0 Å². The van der Waals surface area contributed by atoms with Crippen molar-refractivity contribution in [2.45, 2.75) is 37.4 Å². The number of hydrogen-bond acceptors (Lipinski definition) is 3. The number of carbonyl (C=O) groups excluding carboxylic acids is 1. The molecule has 2 nitrogen and oxygen atoms in total. The van der Waals surface area contributed by atoms with E-state index in [0.717, 1.165) is 34.7 Å². The molecule has 0 aromatic heterocycles. The largest absolute Gasteiger partial charge is 0.462 e. The smallest absolute Gasteiger partial charge is 0.330 e. The lowest BCUT2D eigenvalue weighted by Crippen LogP contribution is -2.24. The molecule has 0 heterocycles. The van der Waals surface area contributed by atoms with Crippen molar-refractivity contribution in [1.29, 1.82) is 0 Å².